The van der Waals surface area contributed by atoms with Gasteiger partial charge in [-0.05, 0) is 96.3 Å². The highest BCUT2D eigenvalue weighted by Gasteiger charge is 2.70. The number of hydrogen-bond donors (Lipinski definition) is 2. The molecular weight excluding hydrogens is 536 g/mol. The lowest BCUT2D eigenvalue weighted by molar-refractivity contribution is -0.181. The quantitative estimate of drug-likeness (QED) is 0.160. The molecule has 0 aromatic heterocycles. The lowest BCUT2D eigenvalue weighted by atomic mass is 9.33. The summed E-state index contributed by atoms with van der Waals surface area (Å²) in [5, 5.41) is 27.3. The molecule has 1 aromatic carbocycles. The van der Waals surface area contributed by atoms with Crippen molar-refractivity contribution in [1.29, 1.82) is 0 Å². The predicted octanol–water partition coefficient (Wildman–Crippen LogP) is 8.80. The molecular formula is C37H52N2O4. The molecule has 7 atom stereocenters. The van der Waals surface area contributed by atoms with Gasteiger partial charge in [0.15, 0.2) is 0 Å². The van der Waals surface area contributed by atoms with E-state index in [0.717, 1.165) is 56.9 Å². The number of allylic oxidation sites excluding steroid dienone is 2. The van der Waals surface area contributed by atoms with Crippen LogP contribution in [0.5, 0.6) is 0 Å². The number of carbonyl (C=O) groups excluding carboxylic acids is 1. The number of esters is 1. The fourth-order valence-corrected chi connectivity index (χ4v) is 11.5. The van der Waals surface area contributed by atoms with Crippen molar-refractivity contribution < 1.29 is 19.9 Å². The summed E-state index contributed by atoms with van der Waals surface area (Å²) >= 11 is 0. The van der Waals surface area contributed by atoms with Gasteiger partial charge in [-0.3, -0.25) is 4.79 Å². The van der Waals surface area contributed by atoms with Gasteiger partial charge in [-0.25, -0.2) is 0 Å². The Bertz CT molecular complexity index is 1380. The Morgan fingerprint density at radius 1 is 0.907 bits per heavy atom. The standard InChI is InChI=1S/C37H52N2O4/c1-32(2)17-19-37(31(40)43-23-24-11-9-8-10-12-24)20-18-35(6)25(26(37)21-32)13-14-29-34(5)22-27(38-41)30(39-42)33(3,4)28(34)15-16-36(29,35)7/h8-13,26,28-29,41-42H,14-23H2,1-7H3/t26-,28-,29+,34-,35+,36+,37-/m0/s1. The Balaban J connectivity index is 1.39. The molecule has 2 N–H and O–H groups in total. The van der Waals surface area contributed by atoms with Crippen molar-refractivity contribution >= 4 is 17.4 Å². The largest absolute Gasteiger partial charge is 0.460 e. The van der Waals surface area contributed by atoms with Crippen LogP contribution < -0.4 is 0 Å². The van der Waals surface area contributed by atoms with Crippen LogP contribution in [0.25, 0.3) is 0 Å². The number of ether oxygens (including phenoxy) is 1. The van der Waals surface area contributed by atoms with Crippen LogP contribution in [0.2, 0.25) is 0 Å². The van der Waals surface area contributed by atoms with Gasteiger partial charge in [0, 0.05) is 11.8 Å². The highest BCUT2D eigenvalue weighted by molar-refractivity contribution is 6.44. The Hall–Kier alpha value is -2.63. The summed E-state index contributed by atoms with van der Waals surface area (Å²) in [5.74, 6) is 0.888. The van der Waals surface area contributed by atoms with E-state index in [4.69, 9.17) is 4.74 Å². The molecule has 4 fully saturated rings. The summed E-state index contributed by atoms with van der Waals surface area (Å²) in [6.45, 7) is 16.8. The van der Waals surface area contributed by atoms with Gasteiger partial charge in [-0.15, -0.1) is 0 Å². The zero-order valence-electron chi connectivity index (χ0n) is 27.4. The van der Waals surface area contributed by atoms with E-state index >= 15 is 0 Å². The molecule has 4 saturated carbocycles. The smallest absolute Gasteiger partial charge is 0.313 e. The molecule has 234 valence electrons. The maximum Gasteiger partial charge on any atom is 0.313 e. The first-order valence-corrected chi connectivity index (χ1v) is 16.5. The van der Waals surface area contributed by atoms with Crippen LogP contribution in [-0.4, -0.2) is 27.8 Å². The first-order valence-electron chi connectivity index (χ1n) is 16.5. The second kappa shape index (κ2) is 9.94. The van der Waals surface area contributed by atoms with Crippen molar-refractivity contribution in [2.45, 2.75) is 113 Å². The van der Waals surface area contributed by atoms with Crippen molar-refractivity contribution in [3.63, 3.8) is 0 Å². The number of hydrogen-bond acceptors (Lipinski definition) is 6. The summed E-state index contributed by atoms with van der Waals surface area (Å²) < 4.78 is 6.16. The van der Waals surface area contributed by atoms with Crippen LogP contribution in [-0.2, 0) is 16.1 Å². The van der Waals surface area contributed by atoms with Gasteiger partial charge in [0.1, 0.15) is 18.0 Å². The number of benzene rings is 1. The van der Waals surface area contributed by atoms with Gasteiger partial charge < -0.3 is 15.2 Å². The molecule has 43 heavy (non-hydrogen) atoms. The third-order valence-electron chi connectivity index (χ3n) is 14.0. The Morgan fingerprint density at radius 3 is 2.28 bits per heavy atom. The summed E-state index contributed by atoms with van der Waals surface area (Å²) in [4.78, 5) is 14.2. The van der Waals surface area contributed by atoms with Crippen molar-refractivity contribution in [2.24, 2.45) is 60.6 Å². The maximum atomic E-state index is 14.2. The second-order valence-electron chi connectivity index (χ2n) is 16.8. The van der Waals surface area contributed by atoms with Crippen LogP contribution in [0, 0.1) is 50.2 Å². The second-order valence-corrected chi connectivity index (χ2v) is 16.8. The summed E-state index contributed by atoms with van der Waals surface area (Å²) in [6.07, 6.45) is 11.1. The molecule has 0 saturated heterocycles. The molecule has 0 spiro atoms. The zero-order valence-corrected chi connectivity index (χ0v) is 27.4. The van der Waals surface area contributed by atoms with E-state index in [1.165, 1.54) is 5.57 Å². The molecule has 0 heterocycles. The van der Waals surface area contributed by atoms with Crippen LogP contribution in [0.15, 0.2) is 52.3 Å². The van der Waals surface area contributed by atoms with Crippen molar-refractivity contribution in [1.82, 2.24) is 0 Å². The van der Waals surface area contributed by atoms with Crippen LogP contribution in [0.1, 0.15) is 112 Å². The van der Waals surface area contributed by atoms with Crippen molar-refractivity contribution in [2.75, 3.05) is 0 Å². The minimum absolute atomic E-state index is 0.00333. The van der Waals surface area contributed by atoms with Crippen molar-refractivity contribution in [3.05, 3.63) is 47.5 Å². The lowest BCUT2D eigenvalue weighted by Gasteiger charge is -2.70. The average Bonchev–Trinajstić information content (AvgIpc) is 2.96. The monoisotopic (exact) mass is 588 g/mol. The number of nitrogens with zero attached hydrogens (tertiary/aromatic N) is 2. The molecule has 0 radical (unpaired) electrons. The predicted molar refractivity (Wildman–Crippen MR) is 169 cm³/mol. The molecule has 5 aliphatic rings. The molecule has 6 heteroatoms. The Kier molecular flexibility index (Phi) is 7.03. The molecule has 1 aromatic rings. The Labute approximate surface area is 258 Å². The molecule has 5 aliphatic carbocycles. The van der Waals surface area contributed by atoms with E-state index in [1.54, 1.807) is 0 Å². The molecule has 0 aliphatic heterocycles. The number of rotatable bonds is 3. The van der Waals surface area contributed by atoms with Crippen molar-refractivity contribution in [3.8, 4) is 0 Å². The van der Waals surface area contributed by atoms with Crippen LogP contribution in [0.3, 0.4) is 0 Å². The normalized spacial score (nSPS) is 43.0. The van der Waals surface area contributed by atoms with Gasteiger partial charge in [0.2, 0.25) is 0 Å². The summed E-state index contributed by atoms with van der Waals surface area (Å²) in [6, 6.07) is 10.0. The van der Waals surface area contributed by atoms with E-state index in [2.05, 4.69) is 64.9 Å². The highest BCUT2D eigenvalue weighted by Crippen LogP contribution is 2.75. The van der Waals surface area contributed by atoms with E-state index in [1.807, 2.05) is 30.3 Å². The van der Waals surface area contributed by atoms with E-state index < -0.39 is 10.8 Å². The highest BCUT2D eigenvalue weighted by atomic mass is 16.5. The zero-order chi connectivity index (χ0) is 31.1. The molecule has 0 unspecified atom stereocenters. The summed E-state index contributed by atoms with van der Waals surface area (Å²) in [7, 11) is 0. The minimum atomic E-state index is -0.462. The lowest BCUT2D eigenvalue weighted by Crippen LogP contribution is -2.66. The number of carbonyl (C=O) groups is 1. The van der Waals surface area contributed by atoms with Crippen LogP contribution >= 0.6 is 0 Å². The third-order valence-corrected chi connectivity index (χ3v) is 14.0. The van der Waals surface area contributed by atoms with E-state index in [9.17, 15) is 15.2 Å². The minimum Gasteiger partial charge on any atom is -0.460 e. The molecule has 0 amide bonds. The summed E-state index contributed by atoms with van der Waals surface area (Å²) in [5.41, 5.74) is 2.81. The molecule has 6 nitrogen and oxygen atoms in total. The average molecular weight is 589 g/mol. The number of fused-ring (bicyclic) bond motifs is 7. The first-order chi connectivity index (χ1) is 20.2. The SMILES string of the molecule is CC1(C)CC[C@]2(C(=O)OCc3ccccc3)CC[C@]3(C)C(=CC[C@@H]4[C@@]5(C)CC(=NO)C(=NO)C(C)(C)[C@@H]5CC[C@]43C)[C@@H]2C1. The first kappa shape index (κ1) is 30.4. The fraction of sp³-hybridized carbons (Fsp3) is 0.703. The van der Waals surface area contributed by atoms with Gasteiger partial charge in [0.05, 0.1) is 5.41 Å². The van der Waals surface area contributed by atoms with Gasteiger partial charge in [-0.1, -0.05) is 101 Å². The maximum absolute atomic E-state index is 14.2. The Morgan fingerprint density at radius 2 is 1.60 bits per heavy atom. The topological polar surface area (TPSA) is 91.5 Å². The molecule has 0 bridgehead atoms. The fourth-order valence-electron chi connectivity index (χ4n) is 11.5. The third kappa shape index (κ3) is 4.20. The molecule has 6 rings (SSSR count). The van der Waals surface area contributed by atoms with Gasteiger partial charge in [-0.2, -0.15) is 0 Å². The van der Waals surface area contributed by atoms with Gasteiger partial charge in [0.25, 0.3) is 0 Å². The van der Waals surface area contributed by atoms with Gasteiger partial charge >= 0.3 is 5.97 Å². The number of oxime groups is 2. The van der Waals surface area contributed by atoms with E-state index in [-0.39, 0.29) is 33.5 Å². The van der Waals surface area contributed by atoms with E-state index in [0.29, 0.717) is 36.3 Å². The van der Waals surface area contributed by atoms with Crippen LogP contribution in [0.4, 0.5) is 0 Å².